The number of hydrogen-bond donors (Lipinski definition) is 0. The van der Waals surface area contributed by atoms with Gasteiger partial charge in [-0.1, -0.05) is 41.9 Å². The monoisotopic (exact) mass is 394 g/mol. The summed E-state index contributed by atoms with van der Waals surface area (Å²) in [5.74, 6) is 0.544. The molecule has 0 bridgehead atoms. The van der Waals surface area contributed by atoms with Crippen molar-refractivity contribution in [1.82, 2.24) is 4.57 Å². The van der Waals surface area contributed by atoms with Crippen LogP contribution in [0.1, 0.15) is 42.3 Å². The van der Waals surface area contributed by atoms with Crippen molar-refractivity contribution in [2.75, 3.05) is 0 Å². The first-order valence-electron chi connectivity index (χ1n) is 8.54. The minimum Gasteiger partial charge on any atom is -0.318 e. The Hall–Kier alpha value is -2.13. The van der Waals surface area contributed by atoms with Crippen molar-refractivity contribution in [3.8, 4) is 5.69 Å². The van der Waals surface area contributed by atoms with Gasteiger partial charge in [0.05, 0.1) is 5.69 Å². The molecule has 3 heteroatoms. The molecule has 1 aromatic heterocycles. The molecule has 1 heterocycles. The van der Waals surface area contributed by atoms with E-state index in [9.17, 15) is 0 Å². The maximum absolute atomic E-state index is 4.65. The Kier molecular flexibility index (Phi) is 5.24. The number of halogens is 1. The van der Waals surface area contributed by atoms with Crippen LogP contribution in [0.15, 0.2) is 64.1 Å². The summed E-state index contributed by atoms with van der Waals surface area (Å²) in [6.07, 6.45) is 1.96. The number of rotatable bonds is 4. The molecule has 2 aromatic carbocycles. The molecule has 0 saturated heterocycles. The van der Waals surface area contributed by atoms with E-state index in [0.717, 1.165) is 15.7 Å². The summed E-state index contributed by atoms with van der Waals surface area (Å²) >= 11 is 3.49. The fraction of sp³-hybridized carbons (Fsp3) is 0.227. The lowest BCUT2D eigenvalue weighted by atomic mass is 10.0. The maximum Gasteiger partial charge on any atom is 0.0630 e. The molecule has 0 amide bonds. The van der Waals surface area contributed by atoms with E-state index in [-0.39, 0.29) is 0 Å². The molecule has 0 aliphatic carbocycles. The Morgan fingerprint density at radius 3 is 2.20 bits per heavy atom. The average Bonchev–Trinajstić information content (AvgIpc) is 2.88. The van der Waals surface area contributed by atoms with Crippen molar-refractivity contribution >= 4 is 27.8 Å². The van der Waals surface area contributed by atoms with Crippen LogP contribution in [-0.2, 0) is 0 Å². The number of aromatic nitrogens is 1. The summed E-state index contributed by atoms with van der Waals surface area (Å²) in [4.78, 5) is 4.65. The van der Waals surface area contributed by atoms with Crippen LogP contribution >= 0.6 is 15.9 Å². The predicted molar refractivity (Wildman–Crippen MR) is 111 cm³/mol. The van der Waals surface area contributed by atoms with Crippen LogP contribution < -0.4 is 0 Å². The van der Waals surface area contributed by atoms with Crippen molar-refractivity contribution in [2.45, 2.75) is 33.6 Å². The average molecular weight is 395 g/mol. The minimum atomic E-state index is 0.544. The Bertz CT molecular complexity index is 885. The second-order valence-corrected chi connectivity index (χ2v) is 7.56. The molecule has 0 saturated carbocycles. The van der Waals surface area contributed by atoms with E-state index in [1.165, 1.54) is 22.6 Å². The number of nitrogens with zero attached hydrogens (tertiary/aromatic N) is 2. The zero-order valence-electron chi connectivity index (χ0n) is 15.1. The third-order valence-electron chi connectivity index (χ3n) is 4.47. The molecule has 0 spiro atoms. The topological polar surface area (TPSA) is 17.3 Å². The van der Waals surface area contributed by atoms with Gasteiger partial charge in [0, 0.05) is 33.3 Å². The summed E-state index contributed by atoms with van der Waals surface area (Å²) < 4.78 is 3.35. The Morgan fingerprint density at radius 1 is 0.960 bits per heavy atom. The van der Waals surface area contributed by atoms with Gasteiger partial charge in [-0.05, 0) is 67.8 Å². The molecule has 0 N–H and O–H groups in total. The van der Waals surface area contributed by atoms with Crippen molar-refractivity contribution in [1.29, 1.82) is 0 Å². The smallest absolute Gasteiger partial charge is 0.0630 e. The quantitative estimate of drug-likeness (QED) is 0.436. The van der Waals surface area contributed by atoms with E-state index in [4.69, 9.17) is 0 Å². The second kappa shape index (κ2) is 7.40. The highest BCUT2D eigenvalue weighted by Gasteiger charge is 2.09. The van der Waals surface area contributed by atoms with Crippen LogP contribution in [-0.4, -0.2) is 10.8 Å². The highest BCUT2D eigenvalue weighted by Crippen LogP contribution is 2.23. The van der Waals surface area contributed by atoms with E-state index in [1.54, 1.807) is 0 Å². The molecule has 3 rings (SSSR count). The lowest BCUT2D eigenvalue weighted by Crippen LogP contribution is -1.99. The van der Waals surface area contributed by atoms with Gasteiger partial charge in [-0.3, -0.25) is 4.99 Å². The van der Waals surface area contributed by atoms with Gasteiger partial charge in [0.2, 0.25) is 0 Å². The van der Waals surface area contributed by atoms with Crippen LogP contribution in [0.3, 0.4) is 0 Å². The maximum atomic E-state index is 4.65. The fourth-order valence-corrected chi connectivity index (χ4v) is 3.26. The molecule has 0 unspecified atom stereocenters. The molecular formula is C22H23BrN2. The molecule has 0 atom stereocenters. The van der Waals surface area contributed by atoms with Crippen LogP contribution in [0, 0.1) is 13.8 Å². The van der Waals surface area contributed by atoms with Gasteiger partial charge in [-0.25, -0.2) is 0 Å². The molecule has 0 aliphatic rings. The normalized spacial score (nSPS) is 11.6. The molecule has 3 aromatic rings. The Balaban J connectivity index is 1.88. The summed E-state index contributed by atoms with van der Waals surface area (Å²) in [6, 6.07) is 19.0. The largest absolute Gasteiger partial charge is 0.318 e. The highest BCUT2D eigenvalue weighted by molar-refractivity contribution is 9.10. The molecule has 0 aliphatic heterocycles. The van der Waals surface area contributed by atoms with Gasteiger partial charge in [0.1, 0.15) is 0 Å². The van der Waals surface area contributed by atoms with Crippen molar-refractivity contribution in [2.24, 2.45) is 4.99 Å². The van der Waals surface area contributed by atoms with Gasteiger partial charge < -0.3 is 4.57 Å². The summed E-state index contributed by atoms with van der Waals surface area (Å²) in [5.41, 5.74) is 7.04. The lowest BCUT2D eigenvalue weighted by molar-refractivity contribution is 0.867. The zero-order valence-corrected chi connectivity index (χ0v) is 16.7. The lowest BCUT2D eigenvalue weighted by Gasteiger charge is -2.09. The highest BCUT2D eigenvalue weighted by atomic mass is 79.9. The minimum absolute atomic E-state index is 0.544. The van der Waals surface area contributed by atoms with Crippen LogP contribution in [0.4, 0.5) is 5.69 Å². The summed E-state index contributed by atoms with van der Waals surface area (Å²) in [5, 5.41) is 0. The van der Waals surface area contributed by atoms with Crippen LogP contribution in [0.5, 0.6) is 0 Å². The van der Waals surface area contributed by atoms with E-state index in [2.05, 4.69) is 108 Å². The third kappa shape index (κ3) is 3.93. The van der Waals surface area contributed by atoms with Gasteiger partial charge in [-0.2, -0.15) is 0 Å². The van der Waals surface area contributed by atoms with Crippen LogP contribution in [0.2, 0.25) is 0 Å². The standard InChI is InChI=1S/C22H23BrN2/c1-15(2)18-5-9-21(10-6-18)24-14-19-13-16(3)25(17(19)4)22-11-7-20(23)8-12-22/h5-15H,1-4H3. The van der Waals surface area contributed by atoms with Gasteiger partial charge >= 0.3 is 0 Å². The molecular weight excluding hydrogens is 372 g/mol. The van der Waals surface area contributed by atoms with E-state index in [1.807, 2.05) is 6.21 Å². The number of aryl methyl sites for hydroxylation is 1. The predicted octanol–water partition coefficient (Wildman–Crippen LogP) is 6.73. The first kappa shape index (κ1) is 17.7. The Morgan fingerprint density at radius 2 is 1.60 bits per heavy atom. The molecule has 0 fully saturated rings. The molecule has 0 radical (unpaired) electrons. The van der Waals surface area contributed by atoms with Gasteiger partial charge in [0.15, 0.2) is 0 Å². The fourth-order valence-electron chi connectivity index (χ4n) is 3.00. The van der Waals surface area contributed by atoms with Crippen molar-refractivity contribution in [3.63, 3.8) is 0 Å². The van der Waals surface area contributed by atoms with Crippen LogP contribution in [0.25, 0.3) is 5.69 Å². The molecule has 25 heavy (non-hydrogen) atoms. The third-order valence-corrected chi connectivity index (χ3v) is 5.00. The summed E-state index contributed by atoms with van der Waals surface area (Å²) in [6.45, 7) is 8.67. The molecule has 2 nitrogen and oxygen atoms in total. The second-order valence-electron chi connectivity index (χ2n) is 6.64. The SMILES string of the molecule is Cc1cc(C=Nc2ccc(C(C)C)cc2)c(C)n1-c1ccc(Br)cc1. The van der Waals surface area contributed by atoms with E-state index in [0.29, 0.717) is 5.92 Å². The number of hydrogen-bond acceptors (Lipinski definition) is 1. The van der Waals surface area contributed by atoms with E-state index >= 15 is 0 Å². The summed E-state index contributed by atoms with van der Waals surface area (Å²) in [7, 11) is 0. The van der Waals surface area contributed by atoms with E-state index < -0.39 is 0 Å². The first-order chi connectivity index (χ1) is 12.0. The van der Waals surface area contributed by atoms with Gasteiger partial charge in [0.25, 0.3) is 0 Å². The van der Waals surface area contributed by atoms with Crippen molar-refractivity contribution in [3.05, 3.63) is 81.6 Å². The number of benzene rings is 2. The molecule has 128 valence electrons. The van der Waals surface area contributed by atoms with Gasteiger partial charge in [-0.15, -0.1) is 0 Å². The van der Waals surface area contributed by atoms with Crippen molar-refractivity contribution < 1.29 is 0 Å². The first-order valence-corrected chi connectivity index (χ1v) is 9.34. The Labute approximate surface area is 158 Å². The number of aliphatic imine (C=N–C) groups is 1. The zero-order chi connectivity index (χ0) is 18.0.